The number of hydrogen-bond acceptors (Lipinski definition) is 2. The lowest BCUT2D eigenvalue weighted by Crippen LogP contribution is -2.20. The van der Waals surface area contributed by atoms with Crippen LogP contribution in [-0.4, -0.2) is 11.6 Å². The van der Waals surface area contributed by atoms with Crippen LogP contribution in [0.2, 0.25) is 0 Å². The van der Waals surface area contributed by atoms with E-state index in [2.05, 4.69) is 17.5 Å². The maximum absolute atomic E-state index is 12.1. The molecular weight excluding hydrogens is 272 g/mol. The van der Waals surface area contributed by atoms with Crippen LogP contribution in [0.5, 0.6) is 0 Å². The molecular formula is C19H22N2O. The fraction of sp³-hybridized carbons (Fsp3) is 0.263. The second-order valence-electron chi connectivity index (χ2n) is 5.34. The minimum atomic E-state index is -0.176. The molecule has 0 atom stereocenters. The van der Waals surface area contributed by atoms with E-state index >= 15 is 0 Å². The van der Waals surface area contributed by atoms with E-state index in [0.717, 1.165) is 36.1 Å². The Kier molecular flexibility index (Phi) is 5.90. The fourth-order valence-electron chi connectivity index (χ4n) is 2.13. The van der Waals surface area contributed by atoms with Gasteiger partial charge in [-0.05, 0) is 37.5 Å². The van der Waals surface area contributed by atoms with Gasteiger partial charge in [-0.1, -0.05) is 61.4 Å². The fourth-order valence-corrected chi connectivity index (χ4v) is 2.13. The zero-order valence-electron chi connectivity index (χ0n) is 13.2. The van der Waals surface area contributed by atoms with Gasteiger partial charge in [0.25, 0.3) is 5.91 Å². The van der Waals surface area contributed by atoms with Gasteiger partial charge in [-0.25, -0.2) is 5.43 Å². The number of hydrazone groups is 1. The van der Waals surface area contributed by atoms with Crippen molar-refractivity contribution < 1.29 is 4.79 Å². The van der Waals surface area contributed by atoms with Crippen molar-refractivity contribution in [3.05, 3.63) is 71.3 Å². The number of rotatable bonds is 6. The SMILES string of the molecule is CCCC/C(=N\NC(=O)c1ccc(C)cc1)c1ccccc1. The highest BCUT2D eigenvalue weighted by Gasteiger charge is 2.06. The molecule has 0 fully saturated rings. The molecule has 1 N–H and O–H groups in total. The van der Waals surface area contributed by atoms with Gasteiger partial charge in [0.2, 0.25) is 0 Å². The second kappa shape index (κ2) is 8.13. The Hall–Kier alpha value is -2.42. The molecule has 0 unspecified atom stereocenters. The first-order chi connectivity index (χ1) is 10.7. The van der Waals surface area contributed by atoms with E-state index in [1.165, 1.54) is 0 Å². The lowest BCUT2D eigenvalue weighted by Gasteiger charge is -2.07. The number of nitrogens with zero attached hydrogens (tertiary/aromatic N) is 1. The molecule has 22 heavy (non-hydrogen) atoms. The van der Waals surface area contributed by atoms with Crippen molar-refractivity contribution in [3.63, 3.8) is 0 Å². The standard InChI is InChI=1S/C19H22N2O/c1-3-4-10-18(16-8-6-5-7-9-16)20-21-19(22)17-13-11-15(2)12-14-17/h5-9,11-14H,3-4,10H2,1-2H3,(H,21,22)/b20-18+. The van der Waals surface area contributed by atoms with E-state index < -0.39 is 0 Å². The Morgan fingerprint density at radius 1 is 1.00 bits per heavy atom. The molecule has 0 aromatic heterocycles. The molecule has 0 radical (unpaired) electrons. The maximum atomic E-state index is 12.1. The van der Waals surface area contributed by atoms with Crippen LogP contribution in [0.1, 0.15) is 47.7 Å². The van der Waals surface area contributed by atoms with Crippen LogP contribution in [0, 0.1) is 6.92 Å². The van der Waals surface area contributed by atoms with E-state index in [9.17, 15) is 4.79 Å². The van der Waals surface area contributed by atoms with E-state index in [-0.39, 0.29) is 5.91 Å². The van der Waals surface area contributed by atoms with Gasteiger partial charge in [-0.15, -0.1) is 0 Å². The van der Waals surface area contributed by atoms with Crippen molar-refractivity contribution in [2.45, 2.75) is 33.1 Å². The lowest BCUT2D eigenvalue weighted by atomic mass is 10.1. The number of benzene rings is 2. The second-order valence-corrected chi connectivity index (χ2v) is 5.34. The topological polar surface area (TPSA) is 41.5 Å². The molecule has 0 aliphatic carbocycles. The molecule has 0 aliphatic heterocycles. The molecule has 2 aromatic rings. The molecule has 1 amide bonds. The zero-order valence-corrected chi connectivity index (χ0v) is 13.2. The van der Waals surface area contributed by atoms with Gasteiger partial charge in [0.05, 0.1) is 5.71 Å². The van der Waals surface area contributed by atoms with Crippen LogP contribution in [0.3, 0.4) is 0 Å². The van der Waals surface area contributed by atoms with Crippen LogP contribution in [0.4, 0.5) is 0 Å². The molecule has 2 rings (SSSR count). The smallest absolute Gasteiger partial charge is 0.267 e. The molecule has 2 aromatic carbocycles. The quantitative estimate of drug-likeness (QED) is 0.625. The van der Waals surface area contributed by atoms with Crippen LogP contribution >= 0.6 is 0 Å². The van der Waals surface area contributed by atoms with Gasteiger partial charge in [0.15, 0.2) is 0 Å². The van der Waals surface area contributed by atoms with Gasteiger partial charge in [-0.3, -0.25) is 4.79 Å². The minimum Gasteiger partial charge on any atom is -0.267 e. The van der Waals surface area contributed by atoms with Crippen molar-refractivity contribution in [1.82, 2.24) is 5.43 Å². The molecule has 0 saturated carbocycles. The van der Waals surface area contributed by atoms with Crippen molar-refractivity contribution in [2.75, 3.05) is 0 Å². The predicted molar refractivity (Wildman–Crippen MR) is 91.1 cm³/mol. The first kappa shape index (κ1) is 16.0. The molecule has 114 valence electrons. The van der Waals surface area contributed by atoms with Gasteiger partial charge < -0.3 is 0 Å². The summed E-state index contributed by atoms with van der Waals surface area (Å²) in [6, 6.07) is 17.5. The molecule has 0 spiro atoms. The first-order valence-electron chi connectivity index (χ1n) is 7.69. The molecule has 3 nitrogen and oxygen atoms in total. The summed E-state index contributed by atoms with van der Waals surface area (Å²) in [7, 11) is 0. The highest BCUT2D eigenvalue weighted by Crippen LogP contribution is 2.08. The highest BCUT2D eigenvalue weighted by atomic mass is 16.2. The Balaban J connectivity index is 2.12. The Morgan fingerprint density at radius 3 is 2.32 bits per heavy atom. The monoisotopic (exact) mass is 294 g/mol. The van der Waals surface area contributed by atoms with Crippen molar-refractivity contribution in [3.8, 4) is 0 Å². The van der Waals surface area contributed by atoms with E-state index in [0.29, 0.717) is 5.56 Å². The van der Waals surface area contributed by atoms with Gasteiger partial charge >= 0.3 is 0 Å². The van der Waals surface area contributed by atoms with E-state index in [1.54, 1.807) is 0 Å². The van der Waals surface area contributed by atoms with Crippen LogP contribution in [0.15, 0.2) is 59.7 Å². The summed E-state index contributed by atoms with van der Waals surface area (Å²) in [5, 5.41) is 4.35. The largest absolute Gasteiger partial charge is 0.271 e. The average Bonchev–Trinajstić information content (AvgIpc) is 2.56. The maximum Gasteiger partial charge on any atom is 0.271 e. The van der Waals surface area contributed by atoms with Crippen LogP contribution < -0.4 is 5.43 Å². The summed E-state index contributed by atoms with van der Waals surface area (Å²) >= 11 is 0. The summed E-state index contributed by atoms with van der Waals surface area (Å²) < 4.78 is 0. The van der Waals surface area contributed by atoms with Crippen molar-refractivity contribution in [1.29, 1.82) is 0 Å². The molecule has 0 aliphatic rings. The molecule has 0 saturated heterocycles. The number of carbonyl (C=O) groups excluding carboxylic acids is 1. The summed E-state index contributed by atoms with van der Waals surface area (Å²) in [5.74, 6) is -0.176. The van der Waals surface area contributed by atoms with E-state index in [4.69, 9.17) is 0 Å². The third-order valence-corrected chi connectivity index (χ3v) is 3.48. The molecule has 0 heterocycles. The lowest BCUT2D eigenvalue weighted by molar-refractivity contribution is 0.0955. The molecule has 3 heteroatoms. The number of nitrogens with one attached hydrogen (secondary N) is 1. The van der Waals surface area contributed by atoms with Gasteiger partial charge in [0.1, 0.15) is 0 Å². The Morgan fingerprint density at radius 2 is 1.68 bits per heavy atom. The zero-order chi connectivity index (χ0) is 15.8. The molecule has 0 bridgehead atoms. The number of amides is 1. The van der Waals surface area contributed by atoms with E-state index in [1.807, 2.05) is 61.5 Å². The summed E-state index contributed by atoms with van der Waals surface area (Å²) in [4.78, 5) is 12.1. The predicted octanol–water partition coefficient (Wildman–Crippen LogP) is 4.32. The number of hydrogen-bond donors (Lipinski definition) is 1. The van der Waals surface area contributed by atoms with Crippen LogP contribution in [0.25, 0.3) is 0 Å². The summed E-state index contributed by atoms with van der Waals surface area (Å²) in [5.41, 5.74) is 6.40. The number of carbonyl (C=O) groups is 1. The minimum absolute atomic E-state index is 0.176. The summed E-state index contributed by atoms with van der Waals surface area (Å²) in [6.07, 6.45) is 3.00. The first-order valence-corrected chi connectivity index (χ1v) is 7.69. The number of aryl methyl sites for hydroxylation is 1. The van der Waals surface area contributed by atoms with Crippen molar-refractivity contribution in [2.24, 2.45) is 5.10 Å². The van der Waals surface area contributed by atoms with Gasteiger partial charge in [0, 0.05) is 5.56 Å². The number of unbranched alkanes of at least 4 members (excludes halogenated alkanes) is 1. The Bertz CT molecular complexity index is 630. The van der Waals surface area contributed by atoms with Crippen molar-refractivity contribution >= 4 is 11.6 Å². The Labute approximate surface area is 132 Å². The van der Waals surface area contributed by atoms with Crippen LogP contribution in [-0.2, 0) is 0 Å². The van der Waals surface area contributed by atoms with Gasteiger partial charge in [-0.2, -0.15) is 5.10 Å². The highest BCUT2D eigenvalue weighted by molar-refractivity contribution is 6.02. The third kappa shape index (κ3) is 4.55. The average molecular weight is 294 g/mol. The summed E-state index contributed by atoms with van der Waals surface area (Å²) in [6.45, 7) is 4.14. The third-order valence-electron chi connectivity index (χ3n) is 3.48. The normalized spacial score (nSPS) is 11.3.